The zero-order chi connectivity index (χ0) is 17.9. The average molecular weight is 350 g/mol. The lowest BCUT2D eigenvalue weighted by Gasteiger charge is -2.10. The van der Waals surface area contributed by atoms with Crippen molar-refractivity contribution in [3.05, 3.63) is 51.4 Å². The van der Waals surface area contributed by atoms with Crippen molar-refractivity contribution in [1.82, 2.24) is 14.7 Å². The minimum atomic E-state index is -4.03. The standard InChI is InChI=1S/C15H18N4O4S/c1-4-11-10(3)16-14(17-13(11)20)18-15(21)19-24(22,23)12-8-6-5-7-9(12)2/h5-8H,4H2,1-3H3,(H3,16,17,18,19,20,21). The van der Waals surface area contributed by atoms with E-state index in [0.29, 0.717) is 23.2 Å². The highest BCUT2D eigenvalue weighted by Crippen LogP contribution is 2.13. The number of aromatic nitrogens is 2. The maximum Gasteiger partial charge on any atom is 0.335 e. The smallest absolute Gasteiger partial charge is 0.292 e. The van der Waals surface area contributed by atoms with Crippen LogP contribution in [0.2, 0.25) is 0 Å². The number of nitrogens with one attached hydrogen (secondary N) is 3. The van der Waals surface area contributed by atoms with Crippen LogP contribution in [-0.4, -0.2) is 24.4 Å². The fourth-order valence-electron chi connectivity index (χ4n) is 2.25. The first-order chi connectivity index (χ1) is 11.2. The van der Waals surface area contributed by atoms with Gasteiger partial charge in [-0.2, -0.15) is 0 Å². The SMILES string of the molecule is CCc1c(C)nc(NC(=O)NS(=O)(=O)c2ccccc2C)[nH]c1=O. The minimum absolute atomic E-state index is 0.000820. The van der Waals surface area contributed by atoms with Gasteiger partial charge in [0.25, 0.3) is 15.6 Å². The molecule has 2 amide bonds. The number of aromatic amines is 1. The Kier molecular flexibility index (Phi) is 5.03. The number of H-pyrrole nitrogens is 1. The zero-order valence-corrected chi connectivity index (χ0v) is 14.3. The third-order valence-electron chi connectivity index (χ3n) is 3.42. The predicted molar refractivity (Wildman–Crippen MR) is 89.5 cm³/mol. The van der Waals surface area contributed by atoms with Gasteiger partial charge in [-0.15, -0.1) is 0 Å². The third-order valence-corrected chi connectivity index (χ3v) is 4.91. The quantitative estimate of drug-likeness (QED) is 0.771. The number of benzene rings is 1. The van der Waals surface area contributed by atoms with E-state index in [4.69, 9.17) is 0 Å². The maximum absolute atomic E-state index is 12.2. The Morgan fingerprint density at radius 2 is 1.92 bits per heavy atom. The first-order valence-electron chi connectivity index (χ1n) is 7.24. The van der Waals surface area contributed by atoms with Gasteiger partial charge < -0.3 is 0 Å². The van der Waals surface area contributed by atoms with Gasteiger partial charge in [0.1, 0.15) is 0 Å². The summed E-state index contributed by atoms with van der Waals surface area (Å²) in [6.07, 6.45) is 0.502. The number of urea groups is 1. The third kappa shape index (κ3) is 3.80. The van der Waals surface area contributed by atoms with E-state index >= 15 is 0 Å². The number of sulfonamides is 1. The lowest BCUT2D eigenvalue weighted by atomic mass is 10.2. The van der Waals surface area contributed by atoms with Crippen molar-refractivity contribution in [3.8, 4) is 0 Å². The summed E-state index contributed by atoms with van der Waals surface area (Å²) in [6, 6.07) is 5.26. The average Bonchev–Trinajstić information content (AvgIpc) is 2.46. The van der Waals surface area contributed by atoms with E-state index in [-0.39, 0.29) is 16.4 Å². The monoisotopic (exact) mass is 350 g/mol. The summed E-state index contributed by atoms with van der Waals surface area (Å²) >= 11 is 0. The molecule has 1 aromatic carbocycles. The van der Waals surface area contributed by atoms with Gasteiger partial charge in [0.15, 0.2) is 0 Å². The Balaban J connectivity index is 2.20. The molecule has 0 fully saturated rings. The lowest BCUT2D eigenvalue weighted by Crippen LogP contribution is -2.35. The van der Waals surface area contributed by atoms with Gasteiger partial charge in [0.2, 0.25) is 5.95 Å². The molecule has 0 aliphatic rings. The van der Waals surface area contributed by atoms with E-state index in [2.05, 4.69) is 15.3 Å². The fourth-order valence-corrected chi connectivity index (χ4v) is 3.41. The van der Waals surface area contributed by atoms with E-state index in [0.717, 1.165) is 0 Å². The predicted octanol–water partition coefficient (Wildman–Crippen LogP) is 1.46. The molecule has 2 aromatic rings. The Morgan fingerprint density at radius 1 is 1.25 bits per heavy atom. The number of carbonyl (C=O) groups is 1. The zero-order valence-electron chi connectivity index (χ0n) is 13.5. The number of nitrogens with zero attached hydrogens (tertiary/aromatic N) is 1. The van der Waals surface area contributed by atoms with Crippen molar-refractivity contribution in [2.75, 3.05) is 5.32 Å². The summed E-state index contributed by atoms with van der Waals surface area (Å²) in [5.74, 6) is -0.118. The van der Waals surface area contributed by atoms with Gasteiger partial charge in [-0.25, -0.2) is 22.9 Å². The second-order valence-corrected chi connectivity index (χ2v) is 6.81. The summed E-state index contributed by atoms with van der Waals surface area (Å²) in [7, 11) is -4.03. The Labute approximate surface area is 139 Å². The van der Waals surface area contributed by atoms with Crippen molar-refractivity contribution in [2.45, 2.75) is 32.1 Å². The van der Waals surface area contributed by atoms with Crippen molar-refractivity contribution in [3.63, 3.8) is 0 Å². The number of anilines is 1. The van der Waals surface area contributed by atoms with Crippen LogP contribution in [0.5, 0.6) is 0 Å². The molecule has 0 aliphatic heterocycles. The van der Waals surface area contributed by atoms with Crippen LogP contribution in [0.1, 0.15) is 23.7 Å². The molecule has 3 N–H and O–H groups in total. The van der Waals surface area contributed by atoms with Gasteiger partial charge in [-0.3, -0.25) is 15.1 Å². The molecule has 0 aliphatic carbocycles. The van der Waals surface area contributed by atoms with Crippen molar-refractivity contribution >= 4 is 22.0 Å². The second kappa shape index (κ2) is 6.83. The van der Waals surface area contributed by atoms with Crippen LogP contribution in [0.15, 0.2) is 34.0 Å². The van der Waals surface area contributed by atoms with Crippen LogP contribution >= 0.6 is 0 Å². The Bertz CT molecular complexity index is 935. The number of rotatable bonds is 4. The molecule has 0 radical (unpaired) electrons. The topological polar surface area (TPSA) is 121 Å². The molecule has 1 heterocycles. The largest absolute Gasteiger partial charge is 0.335 e. The van der Waals surface area contributed by atoms with E-state index in [1.807, 2.05) is 11.6 Å². The molecular formula is C15H18N4O4S. The van der Waals surface area contributed by atoms with Gasteiger partial charge >= 0.3 is 6.03 Å². The van der Waals surface area contributed by atoms with Gasteiger partial charge in [-0.1, -0.05) is 25.1 Å². The molecule has 0 unspecified atom stereocenters. The van der Waals surface area contributed by atoms with Gasteiger partial charge in [0, 0.05) is 11.3 Å². The van der Waals surface area contributed by atoms with Crippen molar-refractivity contribution < 1.29 is 13.2 Å². The van der Waals surface area contributed by atoms with Crippen LogP contribution in [0.3, 0.4) is 0 Å². The van der Waals surface area contributed by atoms with Crippen LogP contribution in [0.25, 0.3) is 0 Å². The molecule has 0 saturated heterocycles. The fraction of sp³-hybridized carbons (Fsp3) is 0.267. The number of hydrogen-bond donors (Lipinski definition) is 3. The van der Waals surface area contributed by atoms with Crippen LogP contribution in [0, 0.1) is 13.8 Å². The van der Waals surface area contributed by atoms with E-state index in [9.17, 15) is 18.0 Å². The summed E-state index contributed by atoms with van der Waals surface area (Å²) < 4.78 is 26.3. The number of aryl methyl sites for hydroxylation is 2. The molecule has 0 spiro atoms. The second-order valence-electron chi connectivity index (χ2n) is 5.16. The Hall–Kier alpha value is -2.68. The molecule has 0 bridgehead atoms. The molecule has 0 atom stereocenters. The highest BCUT2D eigenvalue weighted by atomic mass is 32.2. The first kappa shape index (κ1) is 17.7. The van der Waals surface area contributed by atoms with E-state index < -0.39 is 16.1 Å². The molecule has 128 valence electrons. The molecule has 1 aromatic heterocycles. The highest BCUT2D eigenvalue weighted by Gasteiger charge is 2.20. The lowest BCUT2D eigenvalue weighted by molar-refractivity contribution is 0.256. The molecule has 2 rings (SSSR count). The van der Waals surface area contributed by atoms with Crippen LogP contribution in [0.4, 0.5) is 10.7 Å². The van der Waals surface area contributed by atoms with Crippen LogP contribution in [-0.2, 0) is 16.4 Å². The van der Waals surface area contributed by atoms with Crippen LogP contribution < -0.4 is 15.6 Å². The molecule has 0 saturated carbocycles. The van der Waals surface area contributed by atoms with Gasteiger partial charge in [-0.05, 0) is 31.9 Å². The number of amides is 2. The summed E-state index contributed by atoms with van der Waals surface area (Å²) in [6.45, 7) is 5.08. The highest BCUT2D eigenvalue weighted by molar-refractivity contribution is 7.90. The molecule has 8 nitrogen and oxygen atoms in total. The molecular weight excluding hydrogens is 332 g/mol. The molecule has 9 heteroatoms. The molecule has 24 heavy (non-hydrogen) atoms. The van der Waals surface area contributed by atoms with E-state index in [1.165, 1.54) is 6.07 Å². The minimum Gasteiger partial charge on any atom is -0.292 e. The van der Waals surface area contributed by atoms with E-state index in [1.54, 1.807) is 32.0 Å². The van der Waals surface area contributed by atoms with Crippen molar-refractivity contribution in [2.24, 2.45) is 0 Å². The first-order valence-corrected chi connectivity index (χ1v) is 8.72. The number of carbonyl (C=O) groups excluding carboxylic acids is 1. The Morgan fingerprint density at radius 3 is 2.50 bits per heavy atom. The maximum atomic E-state index is 12.2. The van der Waals surface area contributed by atoms with Gasteiger partial charge in [0.05, 0.1) is 4.90 Å². The van der Waals surface area contributed by atoms with Crippen molar-refractivity contribution in [1.29, 1.82) is 0 Å². The number of hydrogen-bond acceptors (Lipinski definition) is 5. The summed E-state index contributed by atoms with van der Waals surface area (Å²) in [5, 5.41) is 2.22. The summed E-state index contributed by atoms with van der Waals surface area (Å²) in [5.41, 5.74) is 1.11. The summed E-state index contributed by atoms with van der Waals surface area (Å²) in [4.78, 5) is 30.2. The normalized spacial score (nSPS) is 11.1.